The van der Waals surface area contributed by atoms with Crippen molar-refractivity contribution in [2.45, 2.75) is 18.2 Å². The lowest BCUT2D eigenvalue weighted by Gasteiger charge is -2.12. The fourth-order valence-electron chi connectivity index (χ4n) is 2.63. The number of alkyl halides is 3. The maximum atomic E-state index is 12.5. The highest BCUT2D eigenvalue weighted by atomic mass is 35.5. The molecule has 32 heavy (non-hydrogen) atoms. The van der Waals surface area contributed by atoms with Gasteiger partial charge < -0.3 is 10.1 Å². The minimum atomic E-state index is -4.82. The first-order valence-corrected chi connectivity index (χ1v) is 10.9. The van der Waals surface area contributed by atoms with E-state index < -0.39 is 28.0 Å². The van der Waals surface area contributed by atoms with E-state index in [0.717, 1.165) is 17.7 Å². The van der Waals surface area contributed by atoms with Crippen LogP contribution >= 0.6 is 11.6 Å². The molecule has 0 saturated carbocycles. The van der Waals surface area contributed by atoms with Gasteiger partial charge in [0.05, 0.1) is 21.2 Å². The lowest BCUT2D eigenvalue weighted by molar-refractivity contribution is -0.274. The van der Waals surface area contributed by atoms with Crippen molar-refractivity contribution in [2.75, 3.05) is 10.0 Å². The van der Waals surface area contributed by atoms with Crippen molar-refractivity contribution < 1.29 is 31.1 Å². The zero-order valence-corrected chi connectivity index (χ0v) is 18.0. The Hall–Kier alpha value is -3.24. The van der Waals surface area contributed by atoms with Crippen LogP contribution in [0.2, 0.25) is 5.02 Å². The first-order valence-electron chi connectivity index (χ1n) is 8.99. The maximum absolute atomic E-state index is 12.5. The number of carbonyl (C=O) groups excluding carboxylic acids is 1. The Kier molecular flexibility index (Phi) is 6.65. The van der Waals surface area contributed by atoms with Gasteiger partial charge in [0.25, 0.3) is 15.9 Å². The quantitative estimate of drug-likeness (QED) is 0.477. The number of sulfonamides is 1. The summed E-state index contributed by atoms with van der Waals surface area (Å²) in [7, 11) is -3.85. The fourth-order valence-corrected chi connectivity index (χ4v) is 3.95. The summed E-state index contributed by atoms with van der Waals surface area (Å²) in [5, 5.41) is 2.46. The van der Waals surface area contributed by atoms with E-state index in [9.17, 15) is 26.4 Å². The molecule has 0 radical (unpaired) electrons. The van der Waals surface area contributed by atoms with Gasteiger partial charge in [-0.3, -0.25) is 9.52 Å². The molecular weight excluding hydrogens is 469 g/mol. The van der Waals surface area contributed by atoms with Gasteiger partial charge >= 0.3 is 6.36 Å². The largest absolute Gasteiger partial charge is 0.573 e. The van der Waals surface area contributed by atoms with Crippen molar-refractivity contribution in [1.82, 2.24) is 0 Å². The number of rotatable bonds is 6. The number of aryl methyl sites for hydroxylation is 1. The van der Waals surface area contributed by atoms with Crippen LogP contribution in [-0.2, 0) is 10.0 Å². The SMILES string of the molecule is Cc1ccc(S(=O)(=O)Nc2ccc(C(=O)Nc3ccc(OC(F)(F)F)cc3)c(Cl)c2)cc1. The first-order chi connectivity index (χ1) is 14.9. The highest BCUT2D eigenvalue weighted by Gasteiger charge is 2.31. The van der Waals surface area contributed by atoms with E-state index in [-0.39, 0.29) is 26.9 Å². The number of carbonyl (C=O) groups is 1. The van der Waals surface area contributed by atoms with Crippen molar-refractivity contribution >= 4 is 38.9 Å². The number of halogens is 4. The zero-order chi connectivity index (χ0) is 23.5. The van der Waals surface area contributed by atoms with Gasteiger partial charge in [-0.2, -0.15) is 0 Å². The molecule has 0 fully saturated rings. The number of amides is 1. The molecule has 0 aromatic heterocycles. The molecule has 0 heterocycles. The molecule has 11 heteroatoms. The van der Waals surface area contributed by atoms with E-state index >= 15 is 0 Å². The van der Waals surface area contributed by atoms with Crippen LogP contribution in [0.4, 0.5) is 24.5 Å². The molecule has 3 aromatic carbocycles. The van der Waals surface area contributed by atoms with Crippen LogP contribution in [0.3, 0.4) is 0 Å². The van der Waals surface area contributed by atoms with Gasteiger partial charge in [-0.1, -0.05) is 29.3 Å². The summed E-state index contributed by atoms with van der Waals surface area (Å²) in [5.74, 6) is -1.06. The molecule has 1 amide bonds. The average molecular weight is 485 g/mol. The van der Waals surface area contributed by atoms with Gasteiger partial charge in [-0.25, -0.2) is 8.42 Å². The molecule has 0 bridgehead atoms. The predicted molar refractivity (Wildman–Crippen MR) is 115 cm³/mol. The van der Waals surface area contributed by atoms with Gasteiger partial charge in [0.2, 0.25) is 0 Å². The third kappa shape index (κ3) is 6.14. The molecule has 0 saturated heterocycles. The Balaban J connectivity index is 1.70. The topological polar surface area (TPSA) is 84.5 Å². The normalized spacial score (nSPS) is 11.7. The predicted octanol–water partition coefficient (Wildman–Crippen LogP) is 5.60. The van der Waals surface area contributed by atoms with E-state index in [4.69, 9.17) is 11.6 Å². The van der Waals surface area contributed by atoms with Gasteiger partial charge in [0, 0.05) is 5.69 Å². The molecule has 0 aliphatic carbocycles. The highest BCUT2D eigenvalue weighted by Crippen LogP contribution is 2.26. The number of anilines is 2. The summed E-state index contributed by atoms with van der Waals surface area (Å²) in [6.45, 7) is 1.83. The van der Waals surface area contributed by atoms with E-state index in [1.165, 1.54) is 42.5 Å². The standard InChI is InChI=1S/C21H16ClF3N2O4S/c1-13-2-9-17(10-3-13)32(29,30)27-15-6-11-18(19(22)12-15)20(28)26-14-4-7-16(8-5-14)31-21(23,24)25/h2-12,27H,1H3,(H,26,28). The number of hydrogen-bond donors (Lipinski definition) is 2. The Bertz CT molecular complexity index is 1230. The summed E-state index contributed by atoms with van der Waals surface area (Å²) in [6.07, 6.45) is -4.82. The van der Waals surface area contributed by atoms with Crippen molar-refractivity contribution in [1.29, 1.82) is 0 Å². The minimum Gasteiger partial charge on any atom is -0.406 e. The van der Waals surface area contributed by atoms with E-state index in [1.54, 1.807) is 12.1 Å². The summed E-state index contributed by atoms with van der Waals surface area (Å²) in [6, 6.07) is 14.8. The molecule has 3 aromatic rings. The number of benzene rings is 3. The van der Waals surface area contributed by atoms with Crippen molar-refractivity contribution in [3.8, 4) is 5.75 Å². The van der Waals surface area contributed by atoms with Crippen LogP contribution in [0, 0.1) is 6.92 Å². The summed E-state index contributed by atoms with van der Waals surface area (Å²) >= 11 is 6.14. The minimum absolute atomic E-state index is 0.0244. The Morgan fingerprint density at radius 1 is 0.938 bits per heavy atom. The third-order valence-corrected chi connectivity index (χ3v) is 5.85. The molecule has 0 spiro atoms. The molecule has 0 unspecified atom stereocenters. The van der Waals surface area contributed by atoms with Crippen molar-refractivity contribution in [3.05, 3.63) is 82.9 Å². The molecule has 2 N–H and O–H groups in total. The van der Waals surface area contributed by atoms with Crippen molar-refractivity contribution in [3.63, 3.8) is 0 Å². The summed E-state index contributed by atoms with van der Waals surface area (Å²) in [4.78, 5) is 12.5. The average Bonchev–Trinajstić information content (AvgIpc) is 2.68. The molecule has 168 valence electrons. The van der Waals surface area contributed by atoms with Crippen LogP contribution < -0.4 is 14.8 Å². The number of nitrogens with one attached hydrogen (secondary N) is 2. The second-order valence-electron chi connectivity index (χ2n) is 6.64. The van der Waals surface area contributed by atoms with Gasteiger partial charge in [-0.15, -0.1) is 13.2 Å². The van der Waals surface area contributed by atoms with Crippen LogP contribution in [0.1, 0.15) is 15.9 Å². The molecule has 0 aliphatic rings. The van der Waals surface area contributed by atoms with Gasteiger partial charge in [0.1, 0.15) is 5.75 Å². The molecule has 3 rings (SSSR count). The second kappa shape index (κ2) is 9.09. The molecule has 0 aliphatic heterocycles. The van der Waals surface area contributed by atoms with E-state index in [2.05, 4.69) is 14.8 Å². The second-order valence-corrected chi connectivity index (χ2v) is 8.73. The van der Waals surface area contributed by atoms with E-state index in [0.29, 0.717) is 0 Å². The Morgan fingerprint density at radius 2 is 1.53 bits per heavy atom. The molecular formula is C21H16ClF3N2O4S. The van der Waals surface area contributed by atoms with Crippen LogP contribution in [0.25, 0.3) is 0 Å². The smallest absolute Gasteiger partial charge is 0.406 e. The maximum Gasteiger partial charge on any atom is 0.573 e. The molecule has 6 nitrogen and oxygen atoms in total. The lowest BCUT2D eigenvalue weighted by atomic mass is 10.2. The van der Waals surface area contributed by atoms with Crippen LogP contribution in [-0.4, -0.2) is 20.7 Å². The third-order valence-electron chi connectivity index (χ3n) is 4.14. The number of hydrogen-bond acceptors (Lipinski definition) is 4. The highest BCUT2D eigenvalue weighted by molar-refractivity contribution is 7.92. The fraction of sp³-hybridized carbons (Fsp3) is 0.0952. The first kappa shape index (κ1) is 23.4. The van der Waals surface area contributed by atoms with Gasteiger partial charge in [-0.05, 0) is 61.5 Å². The Morgan fingerprint density at radius 3 is 2.09 bits per heavy atom. The van der Waals surface area contributed by atoms with E-state index in [1.807, 2.05) is 6.92 Å². The van der Waals surface area contributed by atoms with Crippen LogP contribution in [0.15, 0.2) is 71.6 Å². The summed E-state index contributed by atoms with van der Waals surface area (Å²) < 4.78 is 67.8. The molecule has 0 atom stereocenters. The van der Waals surface area contributed by atoms with Gasteiger partial charge in [0.15, 0.2) is 0 Å². The monoisotopic (exact) mass is 484 g/mol. The van der Waals surface area contributed by atoms with Crippen molar-refractivity contribution in [2.24, 2.45) is 0 Å². The lowest BCUT2D eigenvalue weighted by Crippen LogP contribution is -2.17. The summed E-state index contributed by atoms with van der Waals surface area (Å²) in [5.41, 5.74) is 1.32. The Labute approximate surface area is 187 Å². The van der Waals surface area contributed by atoms with Crippen LogP contribution in [0.5, 0.6) is 5.75 Å². The zero-order valence-electron chi connectivity index (χ0n) is 16.4. The number of ether oxygens (including phenoxy) is 1.